The minimum absolute atomic E-state index is 0.0254. The van der Waals surface area contributed by atoms with Crippen molar-refractivity contribution in [3.8, 4) is 0 Å². The molecule has 1 amide bonds. The lowest BCUT2D eigenvalue weighted by Gasteiger charge is -2.33. The van der Waals surface area contributed by atoms with Crippen molar-refractivity contribution in [1.82, 2.24) is 4.90 Å². The normalized spacial score (nSPS) is 24.5. The Morgan fingerprint density at radius 3 is 2.18 bits per heavy atom. The quantitative estimate of drug-likeness (QED) is 0.947. The van der Waals surface area contributed by atoms with Gasteiger partial charge in [0.05, 0.1) is 6.04 Å². The van der Waals surface area contributed by atoms with Gasteiger partial charge in [0.25, 0.3) is 0 Å². The zero-order valence-corrected chi connectivity index (χ0v) is 12.3. The number of amides is 1. The molecule has 2 aromatic carbocycles. The Balaban J connectivity index is 2.23. The van der Waals surface area contributed by atoms with Crippen LogP contribution in [0.1, 0.15) is 23.6 Å². The summed E-state index contributed by atoms with van der Waals surface area (Å²) < 4.78 is 0. The highest BCUT2D eigenvalue weighted by molar-refractivity contribution is 5.94. The van der Waals surface area contributed by atoms with Crippen LogP contribution < -0.4 is 0 Å². The van der Waals surface area contributed by atoms with Crippen molar-refractivity contribution in [3.05, 3.63) is 71.8 Å². The Labute approximate surface area is 129 Å². The molecule has 0 radical (unpaired) electrons. The molecule has 0 bridgehead atoms. The van der Waals surface area contributed by atoms with Crippen molar-refractivity contribution < 1.29 is 14.7 Å². The van der Waals surface area contributed by atoms with Crippen LogP contribution in [0, 0.1) is 0 Å². The molecule has 22 heavy (non-hydrogen) atoms. The molecular weight excluding hydrogens is 278 g/mol. The first kappa shape index (κ1) is 14.3. The Morgan fingerprint density at radius 2 is 1.64 bits per heavy atom. The maximum atomic E-state index is 12.3. The number of nitrogens with zero attached hydrogens (tertiary/aromatic N) is 1. The van der Waals surface area contributed by atoms with E-state index in [1.807, 2.05) is 48.5 Å². The topological polar surface area (TPSA) is 57.6 Å². The number of hydrogen-bond acceptors (Lipinski definition) is 2. The maximum absolute atomic E-state index is 12.3. The van der Waals surface area contributed by atoms with Crippen molar-refractivity contribution in [2.75, 3.05) is 7.05 Å². The molecule has 1 N–H and O–H groups in total. The largest absolute Gasteiger partial charge is 0.480 e. The Hall–Kier alpha value is -2.62. The lowest BCUT2D eigenvalue weighted by atomic mass is 9.72. The van der Waals surface area contributed by atoms with Gasteiger partial charge in [-0.05, 0) is 11.1 Å². The molecule has 0 spiro atoms. The molecule has 2 unspecified atom stereocenters. The summed E-state index contributed by atoms with van der Waals surface area (Å²) in [6.45, 7) is 0. The fraction of sp³-hybridized carbons (Fsp3) is 0.222. The van der Waals surface area contributed by atoms with Gasteiger partial charge in [0.2, 0.25) is 5.91 Å². The molecule has 2 aromatic rings. The third kappa shape index (κ3) is 1.99. The van der Waals surface area contributed by atoms with Crippen molar-refractivity contribution >= 4 is 11.9 Å². The molecule has 1 heterocycles. The van der Waals surface area contributed by atoms with E-state index in [1.165, 1.54) is 0 Å². The van der Waals surface area contributed by atoms with E-state index in [9.17, 15) is 14.7 Å². The van der Waals surface area contributed by atoms with Crippen LogP contribution >= 0.6 is 0 Å². The number of carboxylic acid groups (broad SMARTS) is 1. The van der Waals surface area contributed by atoms with E-state index in [2.05, 4.69) is 0 Å². The molecule has 4 heteroatoms. The SMILES string of the molecule is CN1C(=O)CC(C(=O)O)(c2ccccc2)C1c1ccccc1. The summed E-state index contributed by atoms with van der Waals surface area (Å²) in [7, 11) is 1.67. The Bertz CT molecular complexity index is 699. The second-order valence-corrected chi connectivity index (χ2v) is 5.64. The minimum atomic E-state index is -1.26. The molecule has 1 fully saturated rings. The maximum Gasteiger partial charge on any atom is 0.317 e. The zero-order valence-electron chi connectivity index (χ0n) is 12.3. The van der Waals surface area contributed by atoms with Crippen LogP contribution in [0.25, 0.3) is 0 Å². The molecular formula is C18H17NO3. The number of rotatable bonds is 3. The van der Waals surface area contributed by atoms with Gasteiger partial charge in [-0.1, -0.05) is 60.7 Å². The van der Waals surface area contributed by atoms with E-state index in [-0.39, 0.29) is 12.3 Å². The third-order valence-electron chi connectivity index (χ3n) is 4.46. The van der Waals surface area contributed by atoms with Gasteiger partial charge in [-0.25, -0.2) is 0 Å². The number of carbonyl (C=O) groups excluding carboxylic acids is 1. The van der Waals surface area contributed by atoms with E-state index in [0.717, 1.165) is 5.56 Å². The summed E-state index contributed by atoms with van der Waals surface area (Å²) in [5.74, 6) is -1.12. The number of carbonyl (C=O) groups is 2. The molecule has 1 aliphatic rings. The van der Waals surface area contributed by atoms with E-state index >= 15 is 0 Å². The second-order valence-electron chi connectivity index (χ2n) is 5.64. The van der Waals surface area contributed by atoms with E-state index < -0.39 is 17.4 Å². The molecule has 4 nitrogen and oxygen atoms in total. The van der Waals surface area contributed by atoms with Crippen LogP contribution in [0.3, 0.4) is 0 Å². The molecule has 1 aliphatic heterocycles. The van der Waals surface area contributed by atoms with Gasteiger partial charge in [0.1, 0.15) is 5.41 Å². The van der Waals surface area contributed by atoms with Gasteiger partial charge < -0.3 is 10.0 Å². The van der Waals surface area contributed by atoms with Crippen LogP contribution in [-0.2, 0) is 15.0 Å². The van der Waals surface area contributed by atoms with Gasteiger partial charge in [0.15, 0.2) is 0 Å². The van der Waals surface area contributed by atoms with Gasteiger partial charge >= 0.3 is 5.97 Å². The van der Waals surface area contributed by atoms with E-state index in [0.29, 0.717) is 5.56 Å². The van der Waals surface area contributed by atoms with Crippen molar-refractivity contribution in [2.45, 2.75) is 17.9 Å². The molecule has 1 saturated heterocycles. The molecule has 112 valence electrons. The van der Waals surface area contributed by atoms with E-state index in [1.54, 1.807) is 24.1 Å². The first-order valence-electron chi connectivity index (χ1n) is 7.17. The van der Waals surface area contributed by atoms with Gasteiger partial charge in [0, 0.05) is 13.5 Å². The summed E-state index contributed by atoms with van der Waals surface area (Å²) in [6.07, 6.45) is -0.0254. The minimum Gasteiger partial charge on any atom is -0.480 e. The van der Waals surface area contributed by atoms with Crippen molar-refractivity contribution in [1.29, 1.82) is 0 Å². The Kier molecular flexibility index (Phi) is 3.45. The number of benzene rings is 2. The van der Waals surface area contributed by atoms with Crippen molar-refractivity contribution in [3.63, 3.8) is 0 Å². The highest BCUT2D eigenvalue weighted by Crippen LogP contribution is 2.49. The number of likely N-dealkylation sites (N-methyl/N-ethyl adjacent to an activating group) is 1. The van der Waals surface area contributed by atoms with Gasteiger partial charge in [-0.3, -0.25) is 9.59 Å². The van der Waals surface area contributed by atoms with Crippen LogP contribution in [0.2, 0.25) is 0 Å². The predicted octanol–water partition coefficient (Wildman–Crippen LogP) is 2.61. The van der Waals surface area contributed by atoms with Gasteiger partial charge in [-0.15, -0.1) is 0 Å². The summed E-state index contributed by atoms with van der Waals surface area (Å²) in [4.78, 5) is 26.1. The molecule has 3 rings (SSSR count). The fourth-order valence-corrected chi connectivity index (χ4v) is 3.39. The average molecular weight is 295 g/mol. The first-order chi connectivity index (χ1) is 10.6. The number of aliphatic carboxylic acids is 1. The standard InChI is InChI=1S/C18H17NO3/c1-19-15(20)12-18(17(21)22,14-10-6-3-7-11-14)16(19)13-8-4-2-5-9-13/h2-11,16H,12H2,1H3,(H,21,22). The number of likely N-dealkylation sites (tertiary alicyclic amines) is 1. The highest BCUT2D eigenvalue weighted by atomic mass is 16.4. The summed E-state index contributed by atoms with van der Waals surface area (Å²) in [5.41, 5.74) is 0.241. The van der Waals surface area contributed by atoms with Crippen LogP contribution in [0.5, 0.6) is 0 Å². The summed E-state index contributed by atoms with van der Waals surface area (Å²) in [6, 6.07) is 17.9. The number of hydrogen-bond donors (Lipinski definition) is 1. The third-order valence-corrected chi connectivity index (χ3v) is 4.46. The van der Waals surface area contributed by atoms with Crippen LogP contribution in [-0.4, -0.2) is 28.9 Å². The molecule has 0 saturated carbocycles. The van der Waals surface area contributed by atoms with Crippen LogP contribution in [0.4, 0.5) is 0 Å². The lowest BCUT2D eigenvalue weighted by Crippen LogP contribution is -2.41. The summed E-state index contributed by atoms with van der Waals surface area (Å²) in [5, 5.41) is 10.0. The molecule has 0 aliphatic carbocycles. The monoisotopic (exact) mass is 295 g/mol. The number of carboxylic acids is 1. The highest BCUT2D eigenvalue weighted by Gasteiger charge is 2.57. The fourth-order valence-electron chi connectivity index (χ4n) is 3.39. The zero-order chi connectivity index (χ0) is 15.7. The predicted molar refractivity (Wildman–Crippen MR) is 82.3 cm³/mol. The lowest BCUT2D eigenvalue weighted by molar-refractivity contribution is -0.145. The second kappa shape index (κ2) is 5.30. The Morgan fingerprint density at radius 1 is 1.09 bits per heavy atom. The van der Waals surface area contributed by atoms with Crippen LogP contribution in [0.15, 0.2) is 60.7 Å². The average Bonchev–Trinajstić information content (AvgIpc) is 2.82. The first-order valence-corrected chi connectivity index (χ1v) is 7.17. The molecule has 2 atom stereocenters. The molecule has 0 aromatic heterocycles. The van der Waals surface area contributed by atoms with Crippen molar-refractivity contribution in [2.24, 2.45) is 0 Å². The summed E-state index contributed by atoms with van der Waals surface area (Å²) >= 11 is 0. The van der Waals surface area contributed by atoms with E-state index in [4.69, 9.17) is 0 Å². The smallest absolute Gasteiger partial charge is 0.317 e. The van der Waals surface area contributed by atoms with Gasteiger partial charge in [-0.2, -0.15) is 0 Å².